The van der Waals surface area contributed by atoms with Gasteiger partial charge < -0.3 is 9.80 Å². The summed E-state index contributed by atoms with van der Waals surface area (Å²) in [5.74, 6) is -7.17. The Morgan fingerprint density at radius 1 is 0.468 bits per heavy atom. The minimum Gasteiger partial charge on any atom is -0.479 e. The molecule has 0 bridgehead atoms. The predicted octanol–water partition coefficient (Wildman–Crippen LogP) is 12.5. The summed E-state index contributed by atoms with van der Waals surface area (Å²) < 4.78 is 59.9. The van der Waals surface area contributed by atoms with Crippen LogP contribution in [-0.2, 0) is 22.4 Å². The van der Waals surface area contributed by atoms with Crippen LogP contribution < -0.4 is 9.80 Å². The molecular weight excluding hydrogens is 788 g/mol. The fourth-order valence-electron chi connectivity index (χ4n) is 5.55. The maximum Gasteiger partial charge on any atom is 0.0893 e. The minimum atomic E-state index is -2.17. The number of anilines is 2. The fraction of sp³-hybridized carbons (Fsp3) is 0.462. The normalized spacial score (nSPS) is 13.1. The van der Waals surface area contributed by atoms with Crippen molar-refractivity contribution in [1.82, 2.24) is 0 Å². The Morgan fingerprint density at radius 3 is 0.979 bits per heavy atom. The Morgan fingerprint density at radius 2 is 0.745 bits per heavy atom. The molecule has 0 atom stereocenters. The van der Waals surface area contributed by atoms with E-state index in [1.165, 1.54) is 44.8 Å². The molecule has 0 N–H and O–H groups in total. The van der Waals surface area contributed by atoms with Gasteiger partial charge >= 0.3 is 0 Å². The second-order valence-corrected chi connectivity index (χ2v) is 13.9. The fourth-order valence-corrected chi connectivity index (χ4v) is 5.55. The molecule has 0 spiro atoms. The van der Waals surface area contributed by atoms with Gasteiger partial charge in [-0.25, -0.2) is 13.2 Å². The molecule has 0 aromatic heterocycles. The number of hydrogen-bond acceptors (Lipinski definition) is 2. The van der Waals surface area contributed by atoms with E-state index in [0.29, 0.717) is 35.5 Å². The van der Waals surface area contributed by atoms with Gasteiger partial charge in [-0.15, -0.1) is 12.7 Å². The van der Waals surface area contributed by atoms with E-state index in [0.717, 1.165) is 6.07 Å². The zero-order chi connectivity index (χ0) is 34.8. The average molecular weight is 838 g/mol. The zero-order valence-corrected chi connectivity index (χ0v) is 31.8. The van der Waals surface area contributed by atoms with Crippen LogP contribution in [0.15, 0.2) is 36.7 Å². The molecule has 3 aromatic rings. The molecule has 1 aliphatic heterocycles. The monoisotopic (exact) mass is 837 g/mol. The van der Waals surface area contributed by atoms with E-state index in [-0.39, 0.29) is 22.4 Å². The molecule has 0 fully saturated rings. The standard InChI is InChI=1S/C33H49N2.C6F5.Au/c1-20(2)26-15-28(22(5)6)32(29(16-26)23(7)8)34-13-14-35(19-34)33-30(24(9)10)17-27(21(3)4)18-31(33)25(11)12;7-2-1-3(8)5(10)6(11)4(2)9;/h13-25H,1-12H3;;/q2*-1;. The number of rotatable bonds is 8. The first-order chi connectivity index (χ1) is 21.4. The molecule has 0 unspecified atom stereocenters. The zero-order valence-electron chi connectivity index (χ0n) is 29.6. The molecule has 1 heterocycles. The van der Waals surface area contributed by atoms with Gasteiger partial charge in [0.1, 0.15) is 0 Å². The van der Waals surface area contributed by atoms with Crippen LogP contribution in [0.2, 0.25) is 0 Å². The summed E-state index contributed by atoms with van der Waals surface area (Å²) in [5, 5.41) is 0. The predicted molar refractivity (Wildman–Crippen MR) is 181 cm³/mol. The van der Waals surface area contributed by atoms with Crippen molar-refractivity contribution in [2.75, 3.05) is 9.80 Å². The summed E-state index contributed by atoms with van der Waals surface area (Å²) in [6, 6.07) is 10.8. The summed E-state index contributed by atoms with van der Waals surface area (Å²) in [7, 11) is 0. The Balaban J connectivity index is 0.000000542. The van der Waals surface area contributed by atoms with Gasteiger partial charge in [-0.3, -0.25) is 8.78 Å². The van der Waals surface area contributed by atoms with Crippen LogP contribution in [0.1, 0.15) is 152 Å². The second-order valence-electron chi connectivity index (χ2n) is 13.9. The van der Waals surface area contributed by atoms with E-state index >= 15 is 0 Å². The number of benzene rings is 3. The van der Waals surface area contributed by atoms with Gasteiger partial charge in [0.2, 0.25) is 0 Å². The van der Waals surface area contributed by atoms with Crippen LogP contribution in [0.5, 0.6) is 0 Å². The quantitative estimate of drug-likeness (QED) is 0.0733. The molecule has 0 amide bonds. The van der Waals surface area contributed by atoms with Crippen LogP contribution in [0.3, 0.4) is 0 Å². The molecule has 47 heavy (non-hydrogen) atoms. The number of nitrogens with zero attached hydrogens (tertiary/aromatic N) is 2. The Kier molecular flexibility index (Phi) is 14.4. The maximum atomic E-state index is 12.0. The van der Waals surface area contributed by atoms with Crippen LogP contribution in [-0.4, -0.2) is 0 Å². The molecule has 263 valence electrons. The maximum absolute atomic E-state index is 12.0. The van der Waals surface area contributed by atoms with Gasteiger partial charge in [0.25, 0.3) is 0 Å². The molecule has 0 aliphatic carbocycles. The van der Waals surface area contributed by atoms with Gasteiger partial charge in [0.05, 0.1) is 29.1 Å². The topological polar surface area (TPSA) is 6.48 Å². The van der Waals surface area contributed by atoms with Gasteiger partial charge in [-0.2, -0.15) is 0 Å². The molecule has 8 heteroatoms. The summed E-state index contributed by atoms with van der Waals surface area (Å²) in [4.78, 5) is 4.75. The molecule has 0 saturated carbocycles. The Labute approximate surface area is 295 Å². The third-order valence-corrected chi connectivity index (χ3v) is 8.35. The van der Waals surface area contributed by atoms with Crippen molar-refractivity contribution >= 4 is 11.4 Å². The van der Waals surface area contributed by atoms with Crippen molar-refractivity contribution in [3.05, 3.63) is 112 Å². The van der Waals surface area contributed by atoms with Crippen molar-refractivity contribution < 1.29 is 44.3 Å². The van der Waals surface area contributed by atoms with Crippen molar-refractivity contribution in [2.24, 2.45) is 0 Å². The van der Waals surface area contributed by atoms with E-state index in [9.17, 15) is 22.0 Å². The molecule has 4 rings (SSSR count). The second kappa shape index (κ2) is 16.7. The number of halogens is 5. The number of hydrogen-bond donors (Lipinski definition) is 0. The SMILES string of the molecule is CC(C)c1cc(C(C)C)c(N2C=CN(c3c(C(C)C)cc(C(C)C)cc3C(C)C)[CH-]2)c(C(C)C)c1.Fc1[c-]c(F)c(F)c(F)c1F.[Au]. The minimum absolute atomic E-state index is 0. The summed E-state index contributed by atoms with van der Waals surface area (Å²) in [6.07, 6.45) is 4.51. The third-order valence-electron chi connectivity index (χ3n) is 8.35. The first-order valence-electron chi connectivity index (χ1n) is 16.2. The first-order valence-corrected chi connectivity index (χ1v) is 16.2. The molecule has 0 saturated heterocycles. The van der Waals surface area contributed by atoms with E-state index < -0.39 is 29.1 Å². The van der Waals surface area contributed by atoms with Gasteiger partial charge in [-0.05, 0) is 81.3 Å². The Bertz CT molecular complexity index is 1390. The van der Waals surface area contributed by atoms with Crippen molar-refractivity contribution in [3.63, 3.8) is 0 Å². The van der Waals surface area contributed by atoms with Gasteiger partial charge in [-0.1, -0.05) is 107 Å². The van der Waals surface area contributed by atoms with E-state index in [1.54, 1.807) is 0 Å². The molecule has 2 nitrogen and oxygen atoms in total. The molecule has 1 radical (unpaired) electrons. The van der Waals surface area contributed by atoms with E-state index in [2.05, 4.69) is 136 Å². The van der Waals surface area contributed by atoms with Gasteiger partial charge in [0, 0.05) is 33.8 Å². The largest absolute Gasteiger partial charge is 0.479 e. The van der Waals surface area contributed by atoms with Gasteiger partial charge in [0.15, 0.2) is 0 Å². The van der Waals surface area contributed by atoms with Crippen LogP contribution in [0.25, 0.3) is 0 Å². The molecular formula is C39H49AuF5N2-2. The Hall–Kier alpha value is -2.61. The summed E-state index contributed by atoms with van der Waals surface area (Å²) >= 11 is 0. The van der Waals surface area contributed by atoms with Crippen LogP contribution in [0, 0.1) is 41.8 Å². The third kappa shape index (κ3) is 9.10. The van der Waals surface area contributed by atoms with Crippen molar-refractivity contribution in [3.8, 4) is 0 Å². The molecule has 1 aliphatic rings. The van der Waals surface area contributed by atoms with E-state index in [1.807, 2.05) is 0 Å². The van der Waals surface area contributed by atoms with Crippen molar-refractivity contribution in [2.45, 2.75) is 119 Å². The van der Waals surface area contributed by atoms with Crippen LogP contribution in [0.4, 0.5) is 33.3 Å². The van der Waals surface area contributed by atoms with E-state index in [4.69, 9.17) is 0 Å². The van der Waals surface area contributed by atoms with Crippen LogP contribution >= 0.6 is 0 Å². The molecule has 3 aromatic carbocycles. The summed E-state index contributed by atoms with van der Waals surface area (Å²) in [6.45, 7) is 30.1. The smallest absolute Gasteiger partial charge is 0.0893 e. The average Bonchev–Trinajstić information content (AvgIpc) is 3.47. The first kappa shape index (κ1) is 40.6. The summed E-state index contributed by atoms with van der Waals surface area (Å²) in [5.41, 5.74) is 11.3. The van der Waals surface area contributed by atoms with Crippen molar-refractivity contribution in [1.29, 1.82) is 0 Å².